The standard InChI is InChI=1S/C5H7NSe/c7-5-3-1-2-4-6-5/h2-4,6-7H,1H2/p-1. The molecule has 1 aliphatic rings. The summed E-state index contributed by atoms with van der Waals surface area (Å²) >= 11 is 2.88. The molecule has 1 aliphatic heterocycles. The zero-order chi connectivity index (χ0) is 5.11. The van der Waals surface area contributed by atoms with Crippen LogP contribution in [0.3, 0.4) is 0 Å². The normalized spacial score (nSPS) is 18.0. The van der Waals surface area contributed by atoms with Gasteiger partial charge in [0.25, 0.3) is 0 Å². The van der Waals surface area contributed by atoms with E-state index in [9.17, 15) is 0 Å². The average Bonchev–Trinajstić information content (AvgIpc) is 1.69. The van der Waals surface area contributed by atoms with Crippen LogP contribution in [0.4, 0.5) is 0 Å². The fraction of sp³-hybridized carbons (Fsp3) is 0.200. The van der Waals surface area contributed by atoms with Crippen LogP contribution in [0, 0.1) is 0 Å². The van der Waals surface area contributed by atoms with Crippen molar-refractivity contribution in [3.05, 3.63) is 22.9 Å². The Morgan fingerprint density at radius 2 is 2.57 bits per heavy atom. The quantitative estimate of drug-likeness (QED) is 0.507. The van der Waals surface area contributed by atoms with Gasteiger partial charge in [-0.2, -0.15) is 0 Å². The summed E-state index contributed by atoms with van der Waals surface area (Å²) in [5.74, 6) is 0. The molecule has 0 aromatic rings. The second-order valence-corrected chi connectivity index (χ2v) is 2.27. The van der Waals surface area contributed by atoms with E-state index in [-0.39, 0.29) is 0 Å². The Kier molecular flexibility index (Phi) is 1.55. The zero-order valence-electron chi connectivity index (χ0n) is 3.85. The van der Waals surface area contributed by atoms with Gasteiger partial charge in [0.1, 0.15) is 0 Å². The minimum absolute atomic E-state index is 1.05. The van der Waals surface area contributed by atoms with E-state index < -0.39 is 0 Å². The Labute approximate surface area is 51.3 Å². The molecule has 0 bridgehead atoms. The summed E-state index contributed by atoms with van der Waals surface area (Å²) in [4.78, 5) is 0. The molecule has 0 amide bonds. The van der Waals surface area contributed by atoms with Gasteiger partial charge in [-0.15, -0.1) is 0 Å². The molecule has 0 aliphatic carbocycles. The Bertz CT molecular complexity index is 115. The van der Waals surface area contributed by atoms with Crippen molar-refractivity contribution in [3.8, 4) is 0 Å². The van der Waals surface area contributed by atoms with E-state index in [4.69, 9.17) is 0 Å². The topological polar surface area (TPSA) is 12.0 Å². The summed E-state index contributed by atoms with van der Waals surface area (Å²) in [5, 5.41) is 3.01. The van der Waals surface area contributed by atoms with Gasteiger partial charge in [0.2, 0.25) is 0 Å². The zero-order valence-corrected chi connectivity index (χ0v) is 5.56. The molecule has 0 saturated heterocycles. The van der Waals surface area contributed by atoms with Crippen molar-refractivity contribution >= 4 is 16.0 Å². The van der Waals surface area contributed by atoms with E-state index in [2.05, 4.69) is 33.5 Å². The predicted molar refractivity (Wildman–Crippen MR) is 30.7 cm³/mol. The molecule has 1 heterocycles. The second kappa shape index (κ2) is 2.20. The molecule has 38 valence electrons. The van der Waals surface area contributed by atoms with Crippen molar-refractivity contribution in [2.24, 2.45) is 0 Å². The van der Waals surface area contributed by atoms with E-state index in [1.54, 1.807) is 0 Å². The SMILES string of the molecule is [Se-]C1=CCC=CN1. The van der Waals surface area contributed by atoms with E-state index in [1.807, 2.05) is 6.20 Å². The van der Waals surface area contributed by atoms with Crippen molar-refractivity contribution in [2.75, 3.05) is 0 Å². The van der Waals surface area contributed by atoms with Gasteiger partial charge in [-0.1, -0.05) is 0 Å². The van der Waals surface area contributed by atoms with Crippen molar-refractivity contribution in [3.63, 3.8) is 0 Å². The number of rotatable bonds is 0. The van der Waals surface area contributed by atoms with Gasteiger partial charge >= 0.3 is 50.7 Å². The van der Waals surface area contributed by atoms with Crippen molar-refractivity contribution in [2.45, 2.75) is 6.42 Å². The summed E-state index contributed by atoms with van der Waals surface area (Å²) in [7, 11) is 0. The molecule has 1 rings (SSSR count). The molecule has 0 fully saturated rings. The summed E-state index contributed by atoms with van der Waals surface area (Å²) in [6, 6.07) is 0. The Hall–Kier alpha value is -0.201. The first kappa shape index (κ1) is 4.95. The Morgan fingerprint density at radius 1 is 1.71 bits per heavy atom. The van der Waals surface area contributed by atoms with Crippen LogP contribution >= 0.6 is 0 Å². The minimum atomic E-state index is 1.05. The van der Waals surface area contributed by atoms with Gasteiger partial charge in [0.05, 0.1) is 0 Å². The molecule has 0 atom stereocenters. The van der Waals surface area contributed by atoms with Crippen molar-refractivity contribution in [1.82, 2.24) is 5.32 Å². The van der Waals surface area contributed by atoms with Gasteiger partial charge in [-0.25, -0.2) is 0 Å². The van der Waals surface area contributed by atoms with Crippen molar-refractivity contribution < 1.29 is 0 Å². The molecule has 0 unspecified atom stereocenters. The molecule has 0 aromatic carbocycles. The molecule has 0 aromatic heterocycles. The van der Waals surface area contributed by atoms with Crippen LogP contribution < -0.4 is 5.32 Å². The van der Waals surface area contributed by atoms with Crippen molar-refractivity contribution in [1.29, 1.82) is 0 Å². The second-order valence-electron chi connectivity index (χ2n) is 1.35. The molecule has 1 nitrogen and oxygen atoms in total. The van der Waals surface area contributed by atoms with Crippen LogP contribution in [0.25, 0.3) is 0 Å². The average molecular weight is 159 g/mol. The number of hydrogen-bond donors (Lipinski definition) is 1. The summed E-state index contributed by atoms with van der Waals surface area (Å²) in [6.45, 7) is 0. The fourth-order valence-electron chi connectivity index (χ4n) is 0.443. The first-order valence-electron chi connectivity index (χ1n) is 2.18. The van der Waals surface area contributed by atoms with Crippen LogP contribution in [0.15, 0.2) is 22.9 Å². The van der Waals surface area contributed by atoms with Crippen LogP contribution in [0.5, 0.6) is 0 Å². The van der Waals surface area contributed by atoms with Gasteiger partial charge in [-0.3, -0.25) is 0 Å². The molecule has 2 heteroatoms. The molecule has 1 N–H and O–H groups in total. The number of nitrogens with one attached hydrogen (secondary N) is 1. The number of hydrogen-bond acceptors (Lipinski definition) is 1. The van der Waals surface area contributed by atoms with Crippen LogP contribution in [0.1, 0.15) is 6.42 Å². The third-order valence-electron chi connectivity index (χ3n) is 0.783. The van der Waals surface area contributed by atoms with Crippen LogP contribution in [-0.2, 0) is 0 Å². The Balaban J connectivity index is 2.50. The third-order valence-corrected chi connectivity index (χ3v) is 1.38. The number of dihydropyridines is 1. The third kappa shape index (κ3) is 1.38. The van der Waals surface area contributed by atoms with E-state index in [0.717, 1.165) is 11.0 Å². The van der Waals surface area contributed by atoms with E-state index in [1.165, 1.54) is 0 Å². The number of allylic oxidation sites excluding steroid dienone is 2. The summed E-state index contributed by atoms with van der Waals surface area (Å²) in [6.07, 6.45) is 7.15. The van der Waals surface area contributed by atoms with Gasteiger partial charge in [-0.05, 0) is 0 Å². The van der Waals surface area contributed by atoms with Gasteiger partial charge in [0.15, 0.2) is 0 Å². The van der Waals surface area contributed by atoms with Crippen LogP contribution in [-0.4, -0.2) is 16.0 Å². The molecular weight excluding hydrogens is 153 g/mol. The molecular formula is C5H6NSe-. The maximum absolute atomic E-state index is 3.01. The van der Waals surface area contributed by atoms with Gasteiger partial charge < -0.3 is 0 Å². The summed E-state index contributed by atoms with van der Waals surface area (Å²) in [5.41, 5.74) is 0. The van der Waals surface area contributed by atoms with Crippen LogP contribution in [0.2, 0.25) is 0 Å². The van der Waals surface area contributed by atoms with E-state index >= 15 is 0 Å². The fourth-order valence-corrected chi connectivity index (χ4v) is 0.788. The van der Waals surface area contributed by atoms with Gasteiger partial charge in [0, 0.05) is 0 Å². The molecule has 0 saturated carbocycles. The first-order chi connectivity index (χ1) is 3.39. The Morgan fingerprint density at radius 3 is 2.86 bits per heavy atom. The molecule has 0 radical (unpaired) electrons. The van der Waals surface area contributed by atoms with E-state index in [0.29, 0.717) is 0 Å². The maximum atomic E-state index is 3.01. The summed E-state index contributed by atoms with van der Waals surface area (Å²) < 4.78 is 1.13. The monoisotopic (exact) mass is 160 g/mol. The predicted octanol–water partition coefficient (Wildman–Crippen LogP) is 0.503. The molecule has 0 spiro atoms. The first-order valence-corrected chi connectivity index (χ1v) is 3.04. The molecule has 7 heavy (non-hydrogen) atoms.